The third-order valence-electron chi connectivity index (χ3n) is 3.91. The van der Waals surface area contributed by atoms with E-state index in [1.165, 1.54) is 12.1 Å². The van der Waals surface area contributed by atoms with Crippen LogP contribution in [-0.4, -0.2) is 23.1 Å². The highest BCUT2D eigenvalue weighted by molar-refractivity contribution is 7.86. The first-order chi connectivity index (χ1) is 14.3. The Hall–Kier alpha value is -3.17. The summed E-state index contributed by atoms with van der Waals surface area (Å²) in [7, 11) is -8.25. The van der Waals surface area contributed by atoms with E-state index in [0.29, 0.717) is 17.4 Å². The van der Waals surface area contributed by atoms with Crippen molar-refractivity contribution in [2.45, 2.75) is 11.5 Å². The van der Waals surface area contributed by atoms with Gasteiger partial charge in [-0.3, -0.25) is 4.79 Å². The van der Waals surface area contributed by atoms with Crippen molar-refractivity contribution in [1.82, 2.24) is 0 Å². The van der Waals surface area contributed by atoms with Crippen molar-refractivity contribution in [3.8, 4) is 11.5 Å². The molecule has 0 spiro atoms. The lowest BCUT2D eigenvalue weighted by Gasteiger charge is -2.13. The van der Waals surface area contributed by atoms with Gasteiger partial charge >= 0.3 is 20.2 Å². The van der Waals surface area contributed by atoms with E-state index in [4.69, 9.17) is 8.37 Å². The van der Waals surface area contributed by atoms with Gasteiger partial charge in [-0.15, -0.1) is 0 Å². The van der Waals surface area contributed by atoms with Gasteiger partial charge < -0.3 is 8.37 Å². The number of carbonyl (C=O) groups is 1. The zero-order valence-corrected chi connectivity index (χ0v) is 17.3. The molecule has 0 aliphatic carbocycles. The smallest absolute Gasteiger partial charge is 0.313 e. The molecule has 156 valence electrons. The molecular weight excluding hydrogens is 428 g/mol. The third kappa shape index (κ3) is 6.16. The molecule has 0 fully saturated rings. The van der Waals surface area contributed by atoms with Gasteiger partial charge in [-0.1, -0.05) is 60.7 Å². The number of hydrogen-bond donors (Lipinski definition) is 0. The molecule has 0 heterocycles. The summed E-state index contributed by atoms with van der Waals surface area (Å²) in [5.74, 6) is -1.56. The molecule has 0 amide bonds. The quantitative estimate of drug-likeness (QED) is 0.367. The predicted octanol–water partition coefficient (Wildman–Crippen LogP) is 3.32. The van der Waals surface area contributed by atoms with E-state index in [1.54, 1.807) is 60.7 Å². The van der Waals surface area contributed by atoms with Gasteiger partial charge in [0.05, 0.1) is 0 Å². The summed E-state index contributed by atoms with van der Waals surface area (Å²) in [6, 6.07) is 20.3. The van der Waals surface area contributed by atoms with Crippen LogP contribution in [0, 0.1) is 0 Å². The SMILES string of the molecule is O=Cc1ccc(OS(=O)(=O)Cc2ccccc2)c(OS(=O)(=O)Cc2ccccc2)c1. The lowest BCUT2D eigenvalue weighted by atomic mass is 10.2. The van der Waals surface area contributed by atoms with Crippen molar-refractivity contribution in [1.29, 1.82) is 0 Å². The summed E-state index contributed by atoms with van der Waals surface area (Å²) in [5.41, 5.74) is 1.09. The van der Waals surface area contributed by atoms with E-state index < -0.39 is 31.7 Å². The number of carbonyl (C=O) groups excluding carboxylic acids is 1. The molecule has 9 heteroatoms. The molecule has 0 radical (unpaired) electrons. The van der Waals surface area contributed by atoms with Crippen molar-refractivity contribution in [2.75, 3.05) is 0 Å². The molecular formula is C21H18O7S2. The van der Waals surface area contributed by atoms with Gasteiger partial charge in [0.15, 0.2) is 11.5 Å². The highest BCUT2D eigenvalue weighted by Crippen LogP contribution is 2.31. The van der Waals surface area contributed by atoms with E-state index in [2.05, 4.69) is 0 Å². The Bertz CT molecular complexity index is 1220. The fourth-order valence-corrected chi connectivity index (χ4v) is 4.76. The number of rotatable bonds is 9. The van der Waals surface area contributed by atoms with Crippen LogP contribution in [-0.2, 0) is 31.7 Å². The lowest BCUT2D eigenvalue weighted by Crippen LogP contribution is -2.16. The van der Waals surface area contributed by atoms with Gasteiger partial charge in [0.25, 0.3) is 0 Å². The highest BCUT2D eigenvalue weighted by atomic mass is 32.2. The van der Waals surface area contributed by atoms with Crippen LogP contribution in [0.15, 0.2) is 78.9 Å². The van der Waals surface area contributed by atoms with Gasteiger partial charge in [0.2, 0.25) is 0 Å². The minimum Gasteiger partial charge on any atom is -0.378 e. The summed E-state index contributed by atoms with van der Waals surface area (Å²) in [4.78, 5) is 11.1. The van der Waals surface area contributed by atoms with E-state index in [9.17, 15) is 21.6 Å². The molecule has 3 rings (SSSR count). The Kier molecular flexibility index (Phi) is 6.53. The fraction of sp³-hybridized carbons (Fsp3) is 0.0952. The molecule has 0 unspecified atom stereocenters. The zero-order valence-electron chi connectivity index (χ0n) is 15.7. The third-order valence-corrected chi connectivity index (χ3v) is 6.15. The Morgan fingerprint density at radius 3 is 1.57 bits per heavy atom. The molecule has 0 atom stereocenters. The maximum absolute atomic E-state index is 12.5. The average molecular weight is 447 g/mol. The molecule has 30 heavy (non-hydrogen) atoms. The van der Waals surface area contributed by atoms with Gasteiger partial charge in [-0.2, -0.15) is 16.8 Å². The maximum atomic E-state index is 12.5. The number of aldehydes is 1. The Morgan fingerprint density at radius 1 is 0.633 bits per heavy atom. The van der Waals surface area contributed by atoms with Crippen molar-refractivity contribution >= 4 is 26.5 Å². The second kappa shape index (κ2) is 9.10. The molecule has 3 aromatic rings. The first-order valence-corrected chi connectivity index (χ1v) is 11.9. The topological polar surface area (TPSA) is 104 Å². The normalized spacial score (nSPS) is 11.6. The minimum atomic E-state index is -4.14. The van der Waals surface area contributed by atoms with Crippen molar-refractivity contribution in [3.63, 3.8) is 0 Å². The zero-order chi connectivity index (χ0) is 21.6. The van der Waals surface area contributed by atoms with E-state index in [-0.39, 0.29) is 17.1 Å². The molecule has 0 bridgehead atoms. The molecule has 0 N–H and O–H groups in total. The summed E-state index contributed by atoms with van der Waals surface area (Å²) < 4.78 is 60.0. The second-order valence-electron chi connectivity index (χ2n) is 6.37. The minimum absolute atomic E-state index is 0.104. The van der Waals surface area contributed by atoms with Gasteiger partial charge in [-0.25, -0.2) is 0 Å². The Morgan fingerprint density at radius 2 is 1.10 bits per heavy atom. The lowest BCUT2D eigenvalue weighted by molar-refractivity contribution is 0.112. The number of hydrogen-bond acceptors (Lipinski definition) is 7. The van der Waals surface area contributed by atoms with Crippen LogP contribution in [0.1, 0.15) is 21.5 Å². The first kappa shape index (κ1) is 21.5. The van der Waals surface area contributed by atoms with Gasteiger partial charge in [0, 0.05) is 5.56 Å². The molecule has 7 nitrogen and oxygen atoms in total. The van der Waals surface area contributed by atoms with Gasteiger partial charge in [-0.05, 0) is 29.3 Å². The predicted molar refractivity (Wildman–Crippen MR) is 111 cm³/mol. The maximum Gasteiger partial charge on any atom is 0.313 e. The van der Waals surface area contributed by atoms with Crippen molar-refractivity contribution < 1.29 is 30.0 Å². The molecule has 0 aliphatic rings. The van der Waals surface area contributed by atoms with Gasteiger partial charge in [0.1, 0.15) is 17.8 Å². The fourth-order valence-electron chi connectivity index (χ4n) is 2.62. The van der Waals surface area contributed by atoms with Crippen LogP contribution in [0.3, 0.4) is 0 Å². The van der Waals surface area contributed by atoms with E-state index in [1.807, 2.05) is 0 Å². The van der Waals surface area contributed by atoms with Crippen LogP contribution in [0.2, 0.25) is 0 Å². The highest BCUT2D eigenvalue weighted by Gasteiger charge is 2.22. The van der Waals surface area contributed by atoms with Crippen LogP contribution in [0.4, 0.5) is 0 Å². The summed E-state index contributed by atoms with van der Waals surface area (Å²) >= 11 is 0. The van der Waals surface area contributed by atoms with E-state index in [0.717, 1.165) is 6.07 Å². The molecule has 0 aliphatic heterocycles. The summed E-state index contributed by atoms with van der Waals surface area (Å²) in [6.07, 6.45) is 0.485. The van der Waals surface area contributed by atoms with Crippen LogP contribution in [0.5, 0.6) is 11.5 Å². The van der Waals surface area contributed by atoms with E-state index >= 15 is 0 Å². The molecule has 0 saturated heterocycles. The molecule has 3 aromatic carbocycles. The Labute approximate surface area is 175 Å². The van der Waals surface area contributed by atoms with Crippen molar-refractivity contribution in [3.05, 3.63) is 95.6 Å². The number of benzene rings is 3. The average Bonchev–Trinajstić information content (AvgIpc) is 2.69. The largest absolute Gasteiger partial charge is 0.378 e. The van der Waals surface area contributed by atoms with Crippen LogP contribution < -0.4 is 8.37 Å². The van der Waals surface area contributed by atoms with Crippen molar-refractivity contribution in [2.24, 2.45) is 0 Å². The monoisotopic (exact) mass is 446 g/mol. The second-order valence-corrected chi connectivity index (χ2v) is 9.51. The molecule has 0 aromatic heterocycles. The molecule has 0 saturated carbocycles. The standard InChI is InChI=1S/C21H18O7S2/c22-14-19-11-12-20(27-29(23,24)15-17-7-3-1-4-8-17)21(13-19)28-30(25,26)16-18-9-5-2-6-10-18/h1-14H,15-16H2. The van der Waals surface area contributed by atoms with Crippen LogP contribution in [0.25, 0.3) is 0 Å². The Balaban J connectivity index is 1.86. The summed E-state index contributed by atoms with van der Waals surface area (Å²) in [6.45, 7) is 0. The van der Waals surface area contributed by atoms with Crippen LogP contribution >= 0.6 is 0 Å². The summed E-state index contributed by atoms with van der Waals surface area (Å²) in [5, 5.41) is 0. The first-order valence-electron chi connectivity index (χ1n) is 8.78.